The van der Waals surface area contributed by atoms with Gasteiger partial charge in [0, 0.05) is 45.1 Å². The molecular weight excluding hydrogens is 350 g/mol. The van der Waals surface area contributed by atoms with Gasteiger partial charge in [0.1, 0.15) is 4.90 Å². The van der Waals surface area contributed by atoms with Gasteiger partial charge in [-0.15, -0.1) is 0 Å². The van der Waals surface area contributed by atoms with E-state index in [9.17, 15) is 8.42 Å². The third-order valence-electron chi connectivity index (χ3n) is 6.17. The molecular formula is C19H29N3O3S. The quantitative estimate of drug-likeness (QED) is 0.803. The van der Waals surface area contributed by atoms with Crippen molar-refractivity contribution in [2.75, 3.05) is 32.7 Å². The van der Waals surface area contributed by atoms with Gasteiger partial charge in [-0.3, -0.25) is 9.88 Å². The minimum absolute atomic E-state index is 0.161. The van der Waals surface area contributed by atoms with Gasteiger partial charge in [0.15, 0.2) is 0 Å². The predicted octanol–water partition coefficient (Wildman–Crippen LogP) is 2.27. The Morgan fingerprint density at radius 3 is 2.58 bits per heavy atom. The Hall–Kier alpha value is -1.02. The number of piperazine rings is 1. The lowest BCUT2D eigenvalue weighted by Gasteiger charge is -2.36. The standard InChI is InChI=1S/C19H29N3O3S/c23-26(24,18-5-4-10-20-15-18)22-13-11-21(12-14-22)16-17-6-9-19(25-17)7-2-1-3-8-19/h4-5,10,15,17H,1-3,6-9,11-14,16H2/t17-/m0/s1. The minimum atomic E-state index is -3.42. The molecule has 2 saturated heterocycles. The number of sulfonamides is 1. The van der Waals surface area contributed by atoms with Crippen LogP contribution in [0.4, 0.5) is 0 Å². The maximum absolute atomic E-state index is 12.7. The molecule has 1 spiro atoms. The van der Waals surface area contributed by atoms with Crippen molar-refractivity contribution in [2.24, 2.45) is 0 Å². The Morgan fingerprint density at radius 1 is 1.12 bits per heavy atom. The molecule has 0 radical (unpaired) electrons. The predicted molar refractivity (Wildman–Crippen MR) is 99.4 cm³/mol. The molecule has 4 rings (SSSR count). The van der Waals surface area contributed by atoms with E-state index >= 15 is 0 Å². The van der Waals surface area contributed by atoms with Crippen LogP contribution in [0.1, 0.15) is 44.9 Å². The van der Waals surface area contributed by atoms with Gasteiger partial charge < -0.3 is 4.74 Å². The first-order chi connectivity index (χ1) is 12.6. The highest BCUT2D eigenvalue weighted by molar-refractivity contribution is 7.89. The lowest BCUT2D eigenvalue weighted by atomic mass is 9.83. The highest BCUT2D eigenvalue weighted by Gasteiger charge is 2.41. The van der Waals surface area contributed by atoms with Gasteiger partial charge in [0.25, 0.3) is 0 Å². The van der Waals surface area contributed by atoms with E-state index in [-0.39, 0.29) is 10.5 Å². The molecule has 144 valence electrons. The van der Waals surface area contributed by atoms with Crippen LogP contribution in [0.3, 0.4) is 0 Å². The lowest BCUT2D eigenvalue weighted by Crippen LogP contribution is -2.50. The molecule has 26 heavy (non-hydrogen) atoms. The molecule has 1 aromatic heterocycles. The summed E-state index contributed by atoms with van der Waals surface area (Å²) in [4.78, 5) is 6.58. The van der Waals surface area contributed by atoms with Gasteiger partial charge in [0.05, 0.1) is 11.7 Å². The van der Waals surface area contributed by atoms with E-state index in [0.717, 1.165) is 26.1 Å². The molecule has 1 saturated carbocycles. The largest absolute Gasteiger partial charge is 0.370 e. The average Bonchev–Trinajstić information content (AvgIpc) is 3.05. The third kappa shape index (κ3) is 3.81. The van der Waals surface area contributed by atoms with Crippen LogP contribution >= 0.6 is 0 Å². The van der Waals surface area contributed by atoms with Crippen molar-refractivity contribution in [3.8, 4) is 0 Å². The first kappa shape index (κ1) is 18.3. The molecule has 0 N–H and O–H groups in total. The Morgan fingerprint density at radius 2 is 1.88 bits per heavy atom. The number of nitrogens with zero attached hydrogens (tertiary/aromatic N) is 3. The van der Waals surface area contributed by atoms with E-state index in [1.54, 1.807) is 22.6 Å². The van der Waals surface area contributed by atoms with Crippen molar-refractivity contribution < 1.29 is 13.2 Å². The first-order valence-electron chi connectivity index (χ1n) is 9.88. The summed E-state index contributed by atoms with van der Waals surface area (Å²) in [5.41, 5.74) is 0.161. The Kier molecular flexibility index (Phi) is 5.32. The number of aromatic nitrogens is 1. The normalized spacial score (nSPS) is 27.8. The Balaban J connectivity index is 1.29. The maximum atomic E-state index is 12.7. The number of rotatable bonds is 4. The van der Waals surface area contributed by atoms with Crippen molar-refractivity contribution in [2.45, 2.75) is 61.5 Å². The second kappa shape index (κ2) is 7.54. The molecule has 0 unspecified atom stereocenters. The molecule has 3 heterocycles. The maximum Gasteiger partial charge on any atom is 0.244 e. The molecule has 1 aliphatic carbocycles. The summed E-state index contributed by atoms with van der Waals surface area (Å²) in [6.45, 7) is 3.55. The van der Waals surface area contributed by atoms with Crippen LogP contribution in [-0.4, -0.2) is 67.0 Å². The van der Waals surface area contributed by atoms with Gasteiger partial charge in [0.2, 0.25) is 10.0 Å². The van der Waals surface area contributed by atoms with Crippen molar-refractivity contribution in [1.29, 1.82) is 0 Å². The fourth-order valence-electron chi connectivity index (χ4n) is 4.68. The zero-order valence-electron chi connectivity index (χ0n) is 15.3. The van der Waals surface area contributed by atoms with Gasteiger partial charge in [-0.1, -0.05) is 19.3 Å². The van der Waals surface area contributed by atoms with Crippen LogP contribution < -0.4 is 0 Å². The molecule has 0 amide bonds. The van der Waals surface area contributed by atoms with E-state index < -0.39 is 10.0 Å². The van der Waals surface area contributed by atoms with E-state index in [4.69, 9.17) is 4.74 Å². The molecule has 7 heteroatoms. The Labute approximate surface area is 156 Å². The van der Waals surface area contributed by atoms with Crippen LogP contribution in [0.15, 0.2) is 29.4 Å². The number of pyridine rings is 1. The van der Waals surface area contributed by atoms with Gasteiger partial charge >= 0.3 is 0 Å². The van der Waals surface area contributed by atoms with E-state index in [0.29, 0.717) is 19.2 Å². The second-order valence-corrected chi connectivity index (χ2v) is 9.85. The first-order valence-corrected chi connectivity index (χ1v) is 11.3. The van der Waals surface area contributed by atoms with Crippen LogP contribution in [-0.2, 0) is 14.8 Å². The number of hydrogen-bond donors (Lipinski definition) is 0. The summed E-state index contributed by atoms with van der Waals surface area (Å²) in [5.74, 6) is 0. The minimum Gasteiger partial charge on any atom is -0.370 e. The highest BCUT2D eigenvalue weighted by Crippen LogP contribution is 2.42. The third-order valence-corrected chi connectivity index (χ3v) is 8.05. The molecule has 1 atom stereocenters. The summed E-state index contributed by atoms with van der Waals surface area (Å²) in [6, 6.07) is 3.28. The zero-order chi connectivity index (χ0) is 18.0. The van der Waals surface area contributed by atoms with Crippen molar-refractivity contribution in [1.82, 2.24) is 14.2 Å². The molecule has 6 nitrogen and oxygen atoms in total. The lowest BCUT2D eigenvalue weighted by molar-refractivity contribution is -0.0732. The number of hydrogen-bond acceptors (Lipinski definition) is 5. The molecule has 1 aromatic rings. The smallest absolute Gasteiger partial charge is 0.244 e. The van der Waals surface area contributed by atoms with Gasteiger partial charge in [-0.05, 0) is 37.8 Å². The van der Waals surface area contributed by atoms with Crippen LogP contribution in [0.5, 0.6) is 0 Å². The fourth-order valence-corrected chi connectivity index (χ4v) is 6.06. The highest BCUT2D eigenvalue weighted by atomic mass is 32.2. The molecule has 2 aliphatic heterocycles. The summed E-state index contributed by atoms with van der Waals surface area (Å²) in [6.07, 6.45) is 12.1. The zero-order valence-corrected chi connectivity index (χ0v) is 16.2. The van der Waals surface area contributed by atoms with Crippen molar-refractivity contribution in [3.05, 3.63) is 24.5 Å². The van der Waals surface area contributed by atoms with Crippen LogP contribution in [0.2, 0.25) is 0 Å². The van der Waals surface area contributed by atoms with E-state index in [2.05, 4.69) is 9.88 Å². The molecule has 0 aromatic carbocycles. The van der Waals surface area contributed by atoms with Crippen molar-refractivity contribution >= 4 is 10.0 Å². The molecule has 3 aliphatic rings. The topological polar surface area (TPSA) is 62.7 Å². The average molecular weight is 380 g/mol. The van der Waals surface area contributed by atoms with Gasteiger partial charge in [-0.25, -0.2) is 8.42 Å². The fraction of sp³-hybridized carbons (Fsp3) is 0.737. The summed E-state index contributed by atoms with van der Waals surface area (Å²) < 4.78 is 33.4. The summed E-state index contributed by atoms with van der Waals surface area (Å²) >= 11 is 0. The monoisotopic (exact) mass is 379 g/mol. The van der Waals surface area contributed by atoms with Crippen LogP contribution in [0, 0.1) is 0 Å². The van der Waals surface area contributed by atoms with Crippen molar-refractivity contribution in [3.63, 3.8) is 0 Å². The Bertz CT molecular complexity index is 696. The van der Waals surface area contributed by atoms with E-state index in [1.165, 1.54) is 44.7 Å². The molecule has 0 bridgehead atoms. The van der Waals surface area contributed by atoms with Crippen LogP contribution in [0.25, 0.3) is 0 Å². The van der Waals surface area contributed by atoms with E-state index in [1.807, 2.05) is 0 Å². The van der Waals surface area contributed by atoms with Gasteiger partial charge in [-0.2, -0.15) is 4.31 Å². The SMILES string of the molecule is O=S(=O)(c1cccnc1)N1CCN(C[C@@H]2CCC3(CCCCC3)O2)CC1. The summed E-state index contributed by atoms with van der Waals surface area (Å²) in [7, 11) is -3.42. The molecule has 3 fully saturated rings. The second-order valence-electron chi connectivity index (χ2n) is 7.92. The number of ether oxygens (including phenoxy) is 1. The summed E-state index contributed by atoms with van der Waals surface area (Å²) in [5, 5.41) is 0.